The number of ether oxygens (including phenoxy) is 3. The van der Waals surface area contributed by atoms with Crippen molar-refractivity contribution in [3.8, 4) is 11.5 Å². The minimum Gasteiger partial charge on any atom is -0.507 e. The van der Waals surface area contributed by atoms with Crippen molar-refractivity contribution in [2.75, 3.05) is 13.7 Å². The Balaban J connectivity index is 1.85. The maximum atomic E-state index is 11.9. The fourth-order valence-corrected chi connectivity index (χ4v) is 3.80. The first-order valence-electron chi connectivity index (χ1n) is 8.90. The summed E-state index contributed by atoms with van der Waals surface area (Å²) in [6.45, 7) is 4.22. The van der Waals surface area contributed by atoms with Crippen LogP contribution in [-0.4, -0.2) is 30.8 Å². The predicted octanol–water partition coefficient (Wildman–Crippen LogP) is 3.21. The second-order valence-corrected chi connectivity index (χ2v) is 6.67. The third-order valence-electron chi connectivity index (χ3n) is 5.18. The molecule has 1 aliphatic heterocycles. The summed E-state index contributed by atoms with van der Waals surface area (Å²) < 4.78 is 15.6. The Kier molecular flexibility index (Phi) is 5.20. The number of carbonyl (C=O) groups is 2. The molecule has 1 atom stereocenters. The minimum atomic E-state index is -0.500. The van der Waals surface area contributed by atoms with Crippen molar-refractivity contribution in [2.45, 2.75) is 46.1 Å². The van der Waals surface area contributed by atoms with Gasteiger partial charge in [0, 0.05) is 11.1 Å². The smallest absolute Gasteiger partial charge is 0.342 e. The molecular formula is C20H24O6. The van der Waals surface area contributed by atoms with E-state index >= 15 is 0 Å². The first kappa shape index (κ1) is 18.3. The van der Waals surface area contributed by atoms with E-state index in [0.717, 1.165) is 24.0 Å². The van der Waals surface area contributed by atoms with Crippen molar-refractivity contribution >= 4 is 11.9 Å². The number of methoxy groups -OCH3 is 1. The molecule has 2 aliphatic rings. The molecule has 1 N–H and O–H groups in total. The van der Waals surface area contributed by atoms with Crippen molar-refractivity contribution < 1.29 is 28.9 Å². The van der Waals surface area contributed by atoms with Gasteiger partial charge < -0.3 is 19.3 Å². The Labute approximate surface area is 152 Å². The van der Waals surface area contributed by atoms with Crippen LogP contribution in [0.1, 0.15) is 53.2 Å². The van der Waals surface area contributed by atoms with Gasteiger partial charge in [-0.3, -0.25) is 4.79 Å². The highest BCUT2D eigenvalue weighted by molar-refractivity contribution is 5.98. The van der Waals surface area contributed by atoms with E-state index in [1.54, 1.807) is 14.0 Å². The van der Waals surface area contributed by atoms with E-state index in [1.807, 2.05) is 13.0 Å². The molecular weight excluding hydrogens is 336 g/mol. The van der Waals surface area contributed by atoms with Gasteiger partial charge in [-0.05, 0) is 45.1 Å². The number of phenols is 1. The molecule has 0 saturated heterocycles. The average molecular weight is 360 g/mol. The Morgan fingerprint density at radius 1 is 1.42 bits per heavy atom. The topological polar surface area (TPSA) is 82.1 Å². The number of cyclic esters (lactones) is 1. The lowest BCUT2D eigenvalue weighted by atomic mass is 9.94. The molecule has 140 valence electrons. The molecule has 1 saturated carbocycles. The first-order chi connectivity index (χ1) is 12.5. The number of hydrogen-bond donors (Lipinski definition) is 1. The number of esters is 2. The van der Waals surface area contributed by atoms with E-state index in [4.69, 9.17) is 14.2 Å². The highest BCUT2D eigenvalue weighted by Gasteiger charge is 2.32. The van der Waals surface area contributed by atoms with Crippen LogP contribution in [0.15, 0.2) is 11.6 Å². The second kappa shape index (κ2) is 7.40. The molecule has 1 aliphatic carbocycles. The molecule has 0 bridgehead atoms. The molecule has 1 fully saturated rings. The number of allylic oxidation sites excluding steroid dienone is 2. The molecule has 1 heterocycles. The number of rotatable bonds is 5. The Morgan fingerprint density at radius 3 is 2.88 bits per heavy atom. The lowest BCUT2D eigenvalue weighted by Gasteiger charge is -2.15. The largest absolute Gasteiger partial charge is 0.507 e. The lowest BCUT2D eigenvalue weighted by molar-refractivity contribution is -0.147. The molecule has 1 aromatic carbocycles. The third-order valence-corrected chi connectivity index (χ3v) is 5.18. The van der Waals surface area contributed by atoms with Crippen LogP contribution in [0.4, 0.5) is 0 Å². The zero-order valence-electron chi connectivity index (χ0n) is 15.4. The quantitative estimate of drug-likeness (QED) is 0.641. The van der Waals surface area contributed by atoms with Crippen molar-refractivity contribution in [3.05, 3.63) is 33.9 Å². The van der Waals surface area contributed by atoms with Crippen LogP contribution in [0, 0.1) is 12.8 Å². The van der Waals surface area contributed by atoms with Gasteiger partial charge in [0.05, 0.1) is 19.6 Å². The summed E-state index contributed by atoms with van der Waals surface area (Å²) in [5.41, 5.74) is 3.48. The van der Waals surface area contributed by atoms with Gasteiger partial charge in [-0.2, -0.15) is 0 Å². The molecule has 0 amide bonds. The molecule has 1 aromatic rings. The standard InChI is InChI=1S/C20H24O6/c1-4-25-19(22)13-7-5-12(9-13)6-8-14-17(21)16-15(10-26-20(16)23)11(2)18(14)24-3/h6,13,21H,4-5,7-10H2,1-3H3/b12-6+. The SMILES string of the molecule is CCOC(=O)C1CC/C(=C\Cc2c(O)c3c(c(C)c2OC)COC3=O)C1. The molecule has 0 spiro atoms. The van der Waals surface area contributed by atoms with Crippen LogP contribution in [0.25, 0.3) is 0 Å². The molecule has 1 unspecified atom stereocenters. The monoisotopic (exact) mass is 360 g/mol. The number of aromatic hydroxyl groups is 1. The molecule has 6 nitrogen and oxygen atoms in total. The summed E-state index contributed by atoms with van der Waals surface area (Å²) in [5, 5.41) is 10.6. The number of carbonyl (C=O) groups excluding carboxylic acids is 2. The number of hydrogen-bond acceptors (Lipinski definition) is 6. The van der Waals surface area contributed by atoms with Gasteiger partial charge in [0.1, 0.15) is 23.7 Å². The number of benzene rings is 1. The lowest BCUT2D eigenvalue weighted by Crippen LogP contribution is -2.14. The summed E-state index contributed by atoms with van der Waals surface area (Å²) in [7, 11) is 1.55. The molecule has 6 heteroatoms. The van der Waals surface area contributed by atoms with Crippen LogP contribution >= 0.6 is 0 Å². The van der Waals surface area contributed by atoms with Crippen LogP contribution in [0.5, 0.6) is 11.5 Å². The Hall–Kier alpha value is -2.50. The zero-order valence-corrected chi connectivity index (χ0v) is 15.4. The van der Waals surface area contributed by atoms with Gasteiger partial charge in [-0.15, -0.1) is 0 Å². The van der Waals surface area contributed by atoms with Gasteiger partial charge in [0.15, 0.2) is 0 Å². The van der Waals surface area contributed by atoms with Gasteiger partial charge >= 0.3 is 11.9 Å². The number of fused-ring (bicyclic) bond motifs is 1. The van der Waals surface area contributed by atoms with Gasteiger partial charge in [0.25, 0.3) is 0 Å². The highest BCUT2D eigenvalue weighted by atomic mass is 16.5. The summed E-state index contributed by atoms with van der Waals surface area (Å²) >= 11 is 0. The van der Waals surface area contributed by atoms with Gasteiger partial charge in [-0.1, -0.05) is 11.6 Å². The zero-order chi connectivity index (χ0) is 18.8. The third kappa shape index (κ3) is 3.16. The number of phenolic OH excluding ortho intramolecular Hbond substituents is 1. The van der Waals surface area contributed by atoms with E-state index < -0.39 is 5.97 Å². The van der Waals surface area contributed by atoms with E-state index in [1.165, 1.54) is 0 Å². The summed E-state index contributed by atoms with van der Waals surface area (Å²) in [6, 6.07) is 0. The maximum absolute atomic E-state index is 11.9. The molecule has 3 rings (SSSR count). The van der Waals surface area contributed by atoms with Gasteiger partial charge in [-0.25, -0.2) is 4.79 Å². The molecule has 26 heavy (non-hydrogen) atoms. The molecule has 0 radical (unpaired) electrons. The van der Waals surface area contributed by atoms with Crippen molar-refractivity contribution in [3.63, 3.8) is 0 Å². The van der Waals surface area contributed by atoms with Crippen molar-refractivity contribution in [1.29, 1.82) is 0 Å². The van der Waals surface area contributed by atoms with Crippen LogP contribution in [0.3, 0.4) is 0 Å². The van der Waals surface area contributed by atoms with Crippen LogP contribution in [-0.2, 0) is 27.3 Å². The Morgan fingerprint density at radius 2 is 2.19 bits per heavy atom. The maximum Gasteiger partial charge on any atom is 0.342 e. The van der Waals surface area contributed by atoms with E-state index in [2.05, 4.69) is 0 Å². The fraction of sp³-hybridized carbons (Fsp3) is 0.500. The average Bonchev–Trinajstić information content (AvgIpc) is 3.24. The van der Waals surface area contributed by atoms with E-state index in [0.29, 0.717) is 36.3 Å². The summed E-state index contributed by atoms with van der Waals surface area (Å²) in [5.74, 6) is -0.223. The molecule has 0 aromatic heterocycles. The first-order valence-corrected chi connectivity index (χ1v) is 8.90. The summed E-state index contributed by atoms with van der Waals surface area (Å²) in [4.78, 5) is 23.8. The van der Waals surface area contributed by atoms with Gasteiger partial charge in [0.2, 0.25) is 0 Å². The van der Waals surface area contributed by atoms with Crippen LogP contribution in [0.2, 0.25) is 0 Å². The normalized spacial score (nSPS) is 20.2. The summed E-state index contributed by atoms with van der Waals surface area (Å²) in [6.07, 6.45) is 4.74. The minimum absolute atomic E-state index is 0.0678. The Bertz CT molecular complexity index is 777. The van der Waals surface area contributed by atoms with Crippen molar-refractivity contribution in [2.24, 2.45) is 5.92 Å². The van der Waals surface area contributed by atoms with E-state index in [-0.39, 0.29) is 29.8 Å². The van der Waals surface area contributed by atoms with Crippen molar-refractivity contribution in [1.82, 2.24) is 0 Å². The fourth-order valence-electron chi connectivity index (χ4n) is 3.80. The second-order valence-electron chi connectivity index (χ2n) is 6.67. The van der Waals surface area contributed by atoms with Crippen LogP contribution < -0.4 is 4.74 Å². The predicted molar refractivity (Wildman–Crippen MR) is 94.3 cm³/mol. The highest BCUT2D eigenvalue weighted by Crippen LogP contribution is 2.42. The van der Waals surface area contributed by atoms with E-state index in [9.17, 15) is 14.7 Å².